The SMILES string of the molecule is O=C(c1cccc(-c2nc3cc(Cl)cc(Cl)c3o2)c1)N1CCOCC1. The molecule has 7 heteroatoms. The van der Waals surface area contributed by atoms with E-state index in [2.05, 4.69) is 4.98 Å². The molecule has 2 aromatic carbocycles. The van der Waals surface area contributed by atoms with Crippen molar-refractivity contribution >= 4 is 40.2 Å². The molecule has 0 aliphatic carbocycles. The number of rotatable bonds is 2. The smallest absolute Gasteiger partial charge is 0.254 e. The van der Waals surface area contributed by atoms with Crippen LogP contribution in [0.2, 0.25) is 10.0 Å². The number of amides is 1. The summed E-state index contributed by atoms with van der Waals surface area (Å²) in [6.45, 7) is 2.33. The summed E-state index contributed by atoms with van der Waals surface area (Å²) in [4.78, 5) is 18.9. The van der Waals surface area contributed by atoms with Crippen molar-refractivity contribution < 1.29 is 13.9 Å². The Morgan fingerprint density at radius 3 is 2.72 bits per heavy atom. The van der Waals surface area contributed by atoms with Gasteiger partial charge in [-0.2, -0.15) is 0 Å². The van der Waals surface area contributed by atoms with E-state index in [-0.39, 0.29) is 5.91 Å². The van der Waals surface area contributed by atoms with Crippen LogP contribution in [-0.2, 0) is 4.74 Å². The molecule has 1 saturated heterocycles. The number of fused-ring (bicyclic) bond motifs is 1. The van der Waals surface area contributed by atoms with Gasteiger partial charge in [0.25, 0.3) is 5.91 Å². The topological polar surface area (TPSA) is 55.6 Å². The first-order valence-corrected chi connectivity index (χ1v) is 8.60. The highest BCUT2D eigenvalue weighted by molar-refractivity contribution is 6.38. The highest BCUT2D eigenvalue weighted by atomic mass is 35.5. The molecule has 5 nitrogen and oxygen atoms in total. The number of carbonyl (C=O) groups excluding carboxylic acids is 1. The molecule has 0 saturated carbocycles. The zero-order chi connectivity index (χ0) is 17.4. The molecule has 0 bridgehead atoms. The van der Waals surface area contributed by atoms with Crippen LogP contribution in [0.5, 0.6) is 0 Å². The minimum Gasteiger partial charge on any atom is -0.435 e. The van der Waals surface area contributed by atoms with Crippen LogP contribution < -0.4 is 0 Å². The number of hydrogen-bond donors (Lipinski definition) is 0. The maximum atomic E-state index is 12.6. The number of oxazole rings is 1. The van der Waals surface area contributed by atoms with E-state index in [1.807, 2.05) is 12.1 Å². The number of halogens is 2. The molecule has 0 radical (unpaired) electrons. The van der Waals surface area contributed by atoms with Crippen molar-refractivity contribution in [3.63, 3.8) is 0 Å². The predicted molar refractivity (Wildman–Crippen MR) is 96.2 cm³/mol. The Hall–Kier alpha value is -2.08. The lowest BCUT2D eigenvalue weighted by molar-refractivity contribution is 0.0303. The van der Waals surface area contributed by atoms with E-state index in [9.17, 15) is 4.79 Å². The van der Waals surface area contributed by atoms with Crippen molar-refractivity contribution in [2.45, 2.75) is 0 Å². The van der Waals surface area contributed by atoms with E-state index in [1.165, 1.54) is 0 Å². The first-order valence-electron chi connectivity index (χ1n) is 7.85. The van der Waals surface area contributed by atoms with Crippen molar-refractivity contribution in [2.24, 2.45) is 0 Å². The van der Waals surface area contributed by atoms with Crippen molar-refractivity contribution in [3.8, 4) is 11.5 Å². The summed E-state index contributed by atoms with van der Waals surface area (Å²) in [5, 5.41) is 0.899. The van der Waals surface area contributed by atoms with Crippen LogP contribution >= 0.6 is 23.2 Å². The molecule has 1 aromatic heterocycles. The Morgan fingerprint density at radius 2 is 1.92 bits per heavy atom. The van der Waals surface area contributed by atoms with Crippen molar-refractivity contribution in [3.05, 3.63) is 52.0 Å². The summed E-state index contributed by atoms with van der Waals surface area (Å²) in [6, 6.07) is 10.5. The van der Waals surface area contributed by atoms with Crippen LogP contribution in [0.1, 0.15) is 10.4 Å². The lowest BCUT2D eigenvalue weighted by Gasteiger charge is -2.26. The van der Waals surface area contributed by atoms with Gasteiger partial charge in [0.15, 0.2) is 5.58 Å². The Balaban J connectivity index is 1.69. The van der Waals surface area contributed by atoms with Gasteiger partial charge in [-0.05, 0) is 30.3 Å². The molecular weight excluding hydrogens is 363 g/mol. The first kappa shape index (κ1) is 16.4. The highest BCUT2D eigenvalue weighted by Gasteiger charge is 2.20. The minimum atomic E-state index is -0.0256. The van der Waals surface area contributed by atoms with Gasteiger partial charge in [0.2, 0.25) is 5.89 Å². The highest BCUT2D eigenvalue weighted by Crippen LogP contribution is 2.32. The van der Waals surface area contributed by atoms with E-state index < -0.39 is 0 Å². The van der Waals surface area contributed by atoms with Crippen LogP contribution in [0, 0.1) is 0 Å². The third kappa shape index (κ3) is 3.23. The maximum absolute atomic E-state index is 12.6. The Kier molecular flexibility index (Phi) is 4.37. The van der Waals surface area contributed by atoms with Gasteiger partial charge in [0.1, 0.15) is 5.52 Å². The molecule has 1 aliphatic heterocycles. The number of nitrogens with zero attached hydrogens (tertiary/aromatic N) is 2. The maximum Gasteiger partial charge on any atom is 0.254 e. The van der Waals surface area contributed by atoms with Crippen molar-refractivity contribution in [1.29, 1.82) is 0 Å². The zero-order valence-electron chi connectivity index (χ0n) is 13.2. The third-order valence-electron chi connectivity index (χ3n) is 4.06. The Morgan fingerprint density at radius 1 is 1.12 bits per heavy atom. The predicted octanol–water partition coefficient (Wildman–Crippen LogP) is 4.27. The van der Waals surface area contributed by atoms with Crippen LogP contribution in [0.15, 0.2) is 40.8 Å². The second-order valence-electron chi connectivity index (χ2n) is 5.74. The van der Waals surface area contributed by atoms with Crippen LogP contribution in [0.3, 0.4) is 0 Å². The van der Waals surface area contributed by atoms with Gasteiger partial charge >= 0.3 is 0 Å². The summed E-state index contributed by atoms with van der Waals surface area (Å²) in [6.07, 6.45) is 0. The fourth-order valence-corrected chi connectivity index (χ4v) is 3.34. The molecule has 128 valence electrons. The Labute approximate surface area is 154 Å². The number of aromatic nitrogens is 1. The van der Waals surface area contributed by atoms with Crippen molar-refractivity contribution in [1.82, 2.24) is 9.88 Å². The molecule has 1 amide bonds. The average Bonchev–Trinajstić information content (AvgIpc) is 3.06. The third-order valence-corrected chi connectivity index (χ3v) is 4.56. The molecular formula is C18H14Cl2N2O3. The number of benzene rings is 2. The van der Waals surface area contributed by atoms with E-state index in [1.54, 1.807) is 29.2 Å². The monoisotopic (exact) mass is 376 g/mol. The molecule has 25 heavy (non-hydrogen) atoms. The largest absolute Gasteiger partial charge is 0.435 e. The molecule has 0 N–H and O–H groups in total. The van der Waals surface area contributed by atoms with Gasteiger partial charge in [-0.3, -0.25) is 4.79 Å². The summed E-state index contributed by atoms with van der Waals surface area (Å²) in [5.41, 5.74) is 2.36. The van der Waals surface area contributed by atoms with Gasteiger partial charge in [0, 0.05) is 29.2 Å². The fourth-order valence-electron chi connectivity index (χ4n) is 2.82. The van der Waals surface area contributed by atoms with E-state index in [0.29, 0.717) is 64.5 Å². The summed E-state index contributed by atoms with van der Waals surface area (Å²) >= 11 is 12.2. The second kappa shape index (κ2) is 6.67. The first-order chi connectivity index (χ1) is 12.1. The molecule has 0 atom stereocenters. The zero-order valence-corrected chi connectivity index (χ0v) is 14.7. The normalized spacial score (nSPS) is 14.9. The lowest BCUT2D eigenvalue weighted by Crippen LogP contribution is -2.40. The summed E-state index contributed by atoms with van der Waals surface area (Å²) in [7, 11) is 0. The number of morpholine rings is 1. The molecule has 1 fully saturated rings. The number of carbonyl (C=O) groups is 1. The average molecular weight is 377 g/mol. The molecule has 4 rings (SSSR count). The van der Waals surface area contributed by atoms with Gasteiger partial charge in [-0.25, -0.2) is 4.98 Å². The van der Waals surface area contributed by atoms with E-state index in [0.717, 1.165) is 0 Å². The molecule has 0 spiro atoms. The number of hydrogen-bond acceptors (Lipinski definition) is 4. The van der Waals surface area contributed by atoms with E-state index >= 15 is 0 Å². The van der Waals surface area contributed by atoms with Crippen LogP contribution in [0.4, 0.5) is 0 Å². The van der Waals surface area contributed by atoms with E-state index in [4.69, 9.17) is 32.4 Å². The van der Waals surface area contributed by atoms with Crippen molar-refractivity contribution in [2.75, 3.05) is 26.3 Å². The Bertz CT molecular complexity index is 949. The molecule has 1 aliphatic rings. The number of ether oxygens (including phenoxy) is 1. The summed E-state index contributed by atoms with van der Waals surface area (Å²) < 4.78 is 11.1. The second-order valence-corrected chi connectivity index (χ2v) is 6.58. The molecule has 2 heterocycles. The fraction of sp³-hybridized carbons (Fsp3) is 0.222. The van der Waals surface area contributed by atoms with Gasteiger partial charge in [-0.15, -0.1) is 0 Å². The minimum absolute atomic E-state index is 0.0256. The quantitative estimate of drug-likeness (QED) is 0.669. The van der Waals surface area contributed by atoms with Crippen LogP contribution in [0.25, 0.3) is 22.6 Å². The summed E-state index contributed by atoms with van der Waals surface area (Å²) in [5.74, 6) is 0.373. The van der Waals surface area contributed by atoms with Gasteiger partial charge in [0.05, 0.1) is 18.2 Å². The van der Waals surface area contributed by atoms with Gasteiger partial charge in [-0.1, -0.05) is 29.3 Å². The molecule has 0 unspecified atom stereocenters. The lowest BCUT2D eigenvalue weighted by atomic mass is 10.1. The van der Waals surface area contributed by atoms with Crippen LogP contribution in [-0.4, -0.2) is 42.1 Å². The standard InChI is InChI=1S/C18H14Cl2N2O3/c19-13-9-14(20)16-15(10-13)21-17(25-16)11-2-1-3-12(8-11)18(23)22-4-6-24-7-5-22/h1-3,8-10H,4-7H2. The van der Waals surface area contributed by atoms with Gasteiger partial charge < -0.3 is 14.1 Å². The molecule has 3 aromatic rings.